The van der Waals surface area contributed by atoms with Crippen molar-refractivity contribution >= 4 is 6.03 Å². The van der Waals surface area contributed by atoms with Gasteiger partial charge in [-0.05, 0) is 12.1 Å². The molecule has 1 aromatic rings. The number of fused-ring (bicyclic) bond motifs is 1. The van der Waals surface area contributed by atoms with E-state index < -0.39 is 11.8 Å². The third-order valence-electron chi connectivity index (χ3n) is 1.37. The molecular formula is C7H3FN2O. The second-order valence-electron chi connectivity index (χ2n) is 2.14. The number of nitrogens with zero attached hydrogens (tertiary/aromatic N) is 2. The fourth-order valence-corrected chi connectivity index (χ4v) is 0.912. The Morgan fingerprint density at radius 2 is 1.91 bits per heavy atom. The van der Waals surface area contributed by atoms with Crippen molar-refractivity contribution in [3.8, 4) is 0 Å². The van der Waals surface area contributed by atoms with Gasteiger partial charge in [-0.3, -0.25) is 0 Å². The van der Waals surface area contributed by atoms with Gasteiger partial charge in [0.1, 0.15) is 5.82 Å². The Morgan fingerprint density at radius 1 is 1.18 bits per heavy atom. The summed E-state index contributed by atoms with van der Waals surface area (Å²) in [5.41, 5.74) is 0. The Hall–Kier alpha value is -1.58. The highest BCUT2D eigenvalue weighted by Gasteiger charge is 2.03. The maximum Gasteiger partial charge on any atom is 0.368 e. The molecule has 0 atom stereocenters. The van der Waals surface area contributed by atoms with Crippen molar-refractivity contribution in [1.29, 1.82) is 0 Å². The SMILES string of the molecule is O=C1N=c2ccc(F)cc2=N1. The van der Waals surface area contributed by atoms with Gasteiger partial charge in [0.05, 0.1) is 10.7 Å². The lowest BCUT2D eigenvalue weighted by Gasteiger charge is -1.81. The van der Waals surface area contributed by atoms with Crippen LogP contribution in [0.1, 0.15) is 0 Å². The minimum Gasteiger partial charge on any atom is -0.244 e. The van der Waals surface area contributed by atoms with Gasteiger partial charge in [-0.15, -0.1) is 0 Å². The number of carbonyl (C=O) groups excluding carboxylic acids is 1. The molecule has 0 saturated heterocycles. The van der Waals surface area contributed by atoms with Gasteiger partial charge in [0.15, 0.2) is 0 Å². The van der Waals surface area contributed by atoms with E-state index in [2.05, 4.69) is 9.98 Å². The summed E-state index contributed by atoms with van der Waals surface area (Å²) in [6.45, 7) is 0. The van der Waals surface area contributed by atoms with Gasteiger partial charge in [-0.1, -0.05) is 0 Å². The zero-order valence-electron chi connectivity index (χ0n) is 5.41. The average molecular weight is 150 g/mol. The summed E-state index contributed by atoms with van der Waals surface area (Å²) in [4.78, 5) is 17.5. The van der Waals surface area contributed by atoms with Crippen LogP contribution in [0.5, 0.6) is 0 Å². The first kappa shape index (κ1) is 6.15. The fraction of sp³-hybridized carbons (Fsp3) is 0. The van der Waals surface area contributed by atoms with Gasteiger partial charge in [-0.2, -0.15) is 9.98 Å². The summed E-state index contributed by atoms with van der Waals surface area (Å²) < 4.78 is 12.5. The van der Waals surface area contributed by atoms with E-state index in [1.165, 1.54) is 18.2 Å². The Labute approximate surface area is 60.9 Å². The molecule has 54 valence electrons. The third kappa shape index (κ3) is 0.920. The minimum absolute atomic E-state index is 0.315. The van der Waals surface area contributed by atoms with Gasteiger partial charge < -0.3 is 0 Å². The maximum atomic E-state index is 12.5. The van der Waals surface area contributed by atoms with Crippen LogP contribution in [-0.2, 0) is 0 Å². The van der Waals surface area contributed by atoms with E-state index in [1.54, 1.807) is 0 Å². The zero-order chi connectivity index (χ0) is 7.84. The van der Waals surface area contributed by atoms with Crippen LogP contribution < -0.4 is 10.7 Å². The Bertz CT molecular complexity index is 438. The number of benzene rings is 1. The summed E-state index contributed by atoms with van der Waals surface area (Å²) in [6.07, 6.45) is 0. The van der Waals surface area contributed by atoms with Crippen LogP contribution in [0.4, 0.5) is 9.18 Å². The van der Waals surface area contributed by atoms with E-state index in [0.29, 0.717) is 10.7 Å². The molecule has 0 aliphatic carbocycles. The highest BCUT2D eigenvalue weighted by molar-refractivity contribution is 5.77. The van der Waals surface area contributed by atoms with E-state index in [-0.39, 0.29) is 0 Å². The smallest absolute Gasteiger partial charge is 0.244 e. The lowest BCUT2D eigenvalue weighted by atomic mass is 10.3. The molecule has 0 fully saturated rings. The number of hydrogen-bond donors (Lipinski definition) is 0. The van der Waals surface area contributed by atoms with Crippen LogP contribution in [0.2, 0.25) is 0 Å². The Balaban J connectivity index is 2.89. The minimum atomic E-state index is -0.564. The Kier molecular flexibility index (Phi) is 1.09. The molecule has 2 amide bonds. The van der Waals surface area contributed by atoms with Crippen LogP contribution in [0.15, 0.2) is 28.2 Å². The quantitative estimate of drug-likeness (QED) is 0.520. The largest absolute Gasteiger partial charge is 0.368 e. The number of urea groups is 1. The summed E-state index contributed by atoms with van der Waals surface area (Å²) in [5.74, 6) is -0.405. The number of hydrogen-bond acceptors (Lipinski definition) is 1. The normalized spacial score (nSPS) is 13.7. The lowest BCUT2D eigenvalue weighted by Crippen LogP contribution is -2.21. The summed E-state index contributed by atoms with van der Waals surface area (Å²) in [7, 11) is 0. The van der Waals surface area contributed by atoms with Crippen molar-refractivity contribution < 1.29 is 9.18 Å². The van der Waals surface area contributed by atoms with Crippen molar-refractivity contribution in [1.82, 2.24) is 0 Å². The van der Waals surface area contributed by atoms with Gasteiger partial charge in [0, 0.05) is 6.07 Å². The molecule has 3 nitrogen and oxygen atoms in total. The highest BCUT2D eigenvalue weighted by Crippen LogP contribution is 1.89. The topological polar surface area (TPSA) is 41.8 Å². The number of carbonyl (C=O) groups is 1. The molecule has 0 N–H and O–H groups in total. The second-order valence-corrected chi connectivity index (χ2v) is 2.14. The van der Waals surface area contributed by atoms with Crippen LogP contribution in [0, 0.1) is 5.82 Å². The molecule has 0 aromatic heterocycles. The molecule has 0 spiro atoms. The van der Waals surface area contributed by atoms with Crippen LogP contribution in [-0.4, -0.2) is 6.03 Å². The predicted octanol–water partition coefficient (Wildman–Crippen LogP) is 0.199. The van der Waals surface area contributed by atoms with Crippen molar-refractivity contribution in [2.24, 2.45) is 9.98 Å². The number of halogens is 1. The van der Waals surface area contributed by atoms with Gasteiger partial charge in [0.2, 0.25) is 0 Å². The van der Waals surface area contributed by atoms with E-state index in [0.717, 1.165) is 0 Å². The van der Waals surface area contributed by atoms with Gasteiger partial charge >= 0.3 is 6.03 Å². The van der Waals surface area contributed by atoms with Gasteiger partial charge in [-0.25, -0.2) is 9.18 Å². The molecule has 1 aliphatic heterocycles. The van der Waals surface area contributed by atoms with E-state index in [4.69, 9.17) is 0 Å². The van der Waals surface area contributed by atoms with Crippen molar-refractivity contribution in [2.45, 2.75) is 0 Å². The Morgan fingerprint density at radius 3 is 2.73 bits per heavy atom. The molecule has 4 heteroatoms. The first-order valence-corrected chi connectivity index (χ1v) is 3.03. The standard InChI is InChI=1S/C7H3FN2O/c8-4-1-2-5-6(3-4)10-7(11)9-5/h1-3H. The fourth-order valence-electron chi connectivity index (χ4n) is 0.912. The summed E-state index contributed by atoms with van der Waals surface area (Å²) in [6, 6.07) is 3.30. The van der Waals surface area contributed by atoms with Crippen LogP contribution in [0.3, 0.4) is 0 Å². The molecular weight excluding hydrogens is 147 g/mol. The predicted molar refractivity (Wildman–Crippen MR) is 34.1 cm³/mol. The average Bonchev–Trinajstić information content (AvgIpc) is 2.27. The molecule has 0 radical (unpaired) electrons. The zero-order valence-corrected chi connectivity index (χ0v) is 5.41. The number of amides is 2. The van der Waals surface area contributed by atoms with Crippen molar-refractivity contribution in [3.05, 3.63) is 34.7 Å². The molecule has 2 rings (SSSR count). The first-order valence-electron chi connectivity index (χ1n) is 3.03. The lowest BCUT2D eigenvalue weighted by molar-refractivity contribution is 0.256. The molecule has 1 heterocycles. The monoisotopic (exact) mass is 150 g/mol. The molecule has 0 bridgehead atoms. The van der Waals surface area contributed by atoms with Crippen molar-refractivity contribution in [2.75, 3.05) is 0 Å². The first-order chi connectivity index (χ1) is 5.25. The highest BCUT2D eigenvalue weighted by atomic mass is 19.1. The second kappa shape index (κ2) is 1.95. The van der Waals surface area contributed by atoms with Gasteiger partial charge in [0.25, 0.3) is 0 Å². The van der Waals surface area contributed by atoms with Crippen LogP contribution >= 0.6 is 0 Å². The van der Waals surface area contributed by atoms with Crippen molar-refractivity contribution in [3.63, 3.8) is 0 Å². The molecule has 1 aromatic carbocycles. The number of rotatable bonds is 0. The summed E-state index contributed by atoms with van der Waals surface area (Å²) >= 11 is 0. The molecule has 0 unspecified atom stereocenters. The van der Waals surface area contributed by atoms with E-state index >= 15 is 0 Å². The van der Waals surface area contributed by atoms with E-state index in [9.17, 15) is 9.18 Å². The molecule has 0 saturated carbocycles. The molecule has 1 aliphatic rings. The maximum absolute atomic E-state index is 12.5. The molecule has 11 heavy (non-hydrogen) atoms. The van der Waals surface area contributed by atoms with Crippen LogP contribution in [0.25, 0.3) is 0 Å². The summed E-state index contributed by atoms with van der Waals surface area (Å²) in [5, 5.41) is 0.756. The van der Waals surface area contributed by atoms with E-state index in [1.807, 2.05) is 0 Å². The third-order valence-corrected chi connectivity index (χ3v) is 1.37.